The van der Waals surface area contributed by atoms with Crippen LogP contribution < -0.4 is 0 Å². The molecule has 1 rings (SSSR count). The molecule has 0 saturated heterocycles. The Morgan fingerprint density at radius 1 is 1.44 bits per heavy atom. The molecule has 3 nitrogen and oxygen atoms in total. The number of rotatable bonds is 7. The molecule has 1 aromatic rings. The number of aliphatic carboxylic acids is 1. The SMILES string of the molecule is CN(CCCCC(=O)O)Cc1cc(Cl)ccc1F. The maximum absolute atomic E-state index is 13.5. The molecule has 0 radical (unpaired) electrons. The van der Waals surface area contributed by atoms with Crippen molar-refractivity contribution in [2.24, 2.45) is 0 Å². The second-order valence-corrected chi connectivity index (χ2v) is 4.76. The Bertz CT molecular complexity index is 412. The van der Waals surface area contributed by atoms with Gasteiger partial charge in [-0.2, -0.15) is 0 Å². The van der Waals surface area contributed by atoms with E-state index in [0.29, 0.717) is 23.6 Å². The number of halogens is 2. The fraction of sp³-hybridized carbons (Fsp3) is 0.462. The van der Waals surface area contributed by atoms with Crippen LogP contribution in [-0.4, -0.2) is 29.6 Å². The first-order valence-corrected chi connectivity index (χ1v) is 6.21. The Morgan fingerprint density at radius 2 is 2.17 bits per heavy atom. The quantitative estimate of drug-likeness (QED) is 0.776. The molecular formula is C13H17ClFNO2. The summed E-state index contributed by atoms with van der Waals surface area (Å²) in [7, 11) is 1.88. The molecule has 0 heterocycles. The third kappa shape index (κ3) is 5.47. The van der Waals surface area contributed by atoms with Crippen LogP contribution in [-0.2, 0) is 11.3 Å². The maximum Gasteiger partial charge on any atom is 0.303 e. The predicted molar refractivity (Wildman–Crippen MR) is 69.2 cm³/mol. The first kappa shape index (κ1) is 14.9. The number of hydrogen-bond acceptors (Lipinski definition) is 2. The van der Waals surface area contributed by atoms with Crippen molar-refractivity contribution in [2.45, 2.75) is 25.8 Å². The zero-order valence-corrected chi connectivity index (χ0v) is 11.1. The van der Waals surface area contributed by atoms with Gasteiger partial charge in [-0.1, -0.05) is 11.6 Å². The number of carboxylic acid groups (broad SMARTS) is 1. The highest BCUT2D eigenvalue weighted by molar-refractivity contribution is 6.30. The summed E-state index contributed by atoms with van der Waals surface area (Å²) < 4.78 is 13.5. The molecule has 0 fully saturated rings. The molecule has 0 bridgehead atoms. The van der Waals surface area contributed by atoms with E-state index >= 15 is 0 Å². The van der Waals surface area contributed by atoms with Crippen molar-refractivity contribution >= 4 is 17.6 Å². The third-order valence-electron chi connectivity index (χ3n) is 2.63. The van der Waals surface area contributed by atoms with Gasteiger partial charge in [0.1, 0.15) is 5.82 Å². The molecular weight excluding hydrogens is 257 g/mol. The van der Waals surface area contributed by atoms with Gasteiger partial charge in [-0.3, -0.25) is 4.79 Å². The smallest absolute Gasteiger partial charge is 0.303 e. The lowest BCUT2D eigenvalue weighted by molar-refractivity contribution is -0.137. The molecule has 0 aliphatic carbocycles. The first-order chi connectivity index (χ1) is 8.49. The lowest BCUT2D eigenvalue weighted by atomic mass is 10.2. The van der Waals surface area contributed by atoms with Gasteiger partial charge < -0.3 is 10.0 Å². The highest BCUT2D eigenvalue weighted by Crippen LogP contribution is 2.16. The average molecular weight is 274 g/mol. The minimum Gasteiger partial charge on any atom is -0.481 e. The molecule has 5 heteroatoms. The second-order valence-electron chi connectivity index (χ2n) is 4.32. The van der Waals surface area contributed by atoms with Crippen molar-refractivity contribution in [1.29, 1.82) is 0 Å². The lowest BCUT2D eigenvalue weighted by Gasteiger charge is -2.16. The van der Waals surface area contributed by atoms with E-state index in [0.717, 1.165) is 13.0 Å². The molecule has 0 aliphatic rings. The van der Waals surface area contributed by atoms with Crippen molar-refractivity contribution < 1.29 is 14.3 Å². The van der Waals surface area contributed by atoms with Crippen LogP contribution in [0, 0.1) is 5.82 Å². The number of benzene rings is 1. The number of hydrogen-bond donors (Lipinski definition) is 1. The molecule has 0 spiro atoms. The van der Waals surface area contributed by atoms with Gasteiger partial charge in [-0.05, 0) is 44.6 Å². The molecule has 1 N–H and O–H groups in total. The van der Waals surface area contributed by atoms with Gasteiger partial charge in [0.05, 0.1) is 0 Å². The number of carbonyl (C=O) groups is 1. The Hall–Kier alpha value is -1.13. The summed E-state index contributed by atoms with van der Waals surface area (Å²) in [5.41, 5.74) is 0.559. The zero-order chi connectivity index (χ0) is 13.5. The Balaban J connectivity index is 2.37. The largest absolute Gasteiger partial charge is 0.481 e. The summed E-state index contributed by atoms with van der Waals surface area (Å²) in [4.78, 5) is 12.3. The fourth-order valence-electron chi connectivity index (χ4n) is 1.69. The van der Waals surface area contributed by atoms with Crippen molar-refractivity contribution in [3.8, 4) is 0 Å². The summed E-state index contributed by atoms with van der Waals surface area (Å²) in [5.74, 6) is -1.05. The summed E-state index contributed by atoms with van der Waals surface area (Å²) >= 11 is 5.81. The van der Waals surface area contributed by atoms with Crippen LogP contribution in [0.25, 0.3) is 0 Å². The van der Waals surface area contributed by atoms with Crippen LogP contribution in [0.1, 0.15) is 24.8 Å². The van der Waals surface area contributed by atoms with Crippen LogP contribution in [0.2, 0.25) is 5.02 Å². The summed E-state index contributed by atoms with van der Waals surface area (Å²) in [6.45, 7) is 1.21. The van der Waals surface area contributed by atoms with Gasteiger partial charge in [0.2, 0.25) is 0 Å². The van der Waals surface area contributed by atoms with E-state index in [9.17, 15) is 9.18 Å². The van der Waals surface area contributed by atoms with Gasteiger partial charge in [-0.25, -0.2) is 4.39 Å². The highest BCUT2D eigenvalue weighted by atomic mass is 35.5. The molecule has 0 aliphatic heterocycles. The van der Waals surface area contributed by atoms with Crippen LogP contribution in [0.3, 0.4) is 0 Å². The van der Waals surface area contributed by atoms with Crippen LogP contribution in [0.5, 0.6) is 0 Å². The second kappa shape index (κ2) is 7.34. The molecule has 0 saturated carbocycles. The molecule has 100 valence electrons. The fourth-order valence-corrected chi connectivity index (χ4v) is 1.89. The molecule has 18 heavy (non-hydrogen) atoms. The molecule has 0 amide bonds. The van der Waals surface area contributed by atoms with E-state index in [2.05, 4.69) is 0 Å². The van der Waals surface area contributed by atoms with E-state index in [1.807, 2.05) is 11.9 Å². The van der Waals surface area contributed by atoms with Crippen LogP contribution >= 0.6 is 11.6 Å². The van der Waals surface area contributed by atoms with Crippen LogP contribution in [0.4, 0.5) is 4.39 Å². The number of carboxylic acids is 1. The molecule has 1 aromatic carbocycles. The standard InChI is InChI=1S/C13H17ClFNO2/c1-16(7-3-2-4-13(17)18)9-10-8-11(14)5-6-12(10)15/h5-6,8H,2-4,7,9H2,1H3,(H,17,18). The Kier molecular flexibility index (Phi) is 6.09. The van der Waals surface area contributed by atoms with Gasteiger partial charge >= 0.3 is 5.97 Å². The van der Waals surface area contributed by atoms with Crippen molar-refractivity contribution in [2.75, 3.05) is 13.6 Å². The van der Waals surface area contributed by atoms with E-state index < -0.39 is 5.97 Å². The summed E-state index contributed by atoms with van der Waals surface area (Å²) in [6.07, 6.45) is 1.60. The van der Waals surface area contributed by atoms with E-state index in [1.54, 1.807) is 6.07 Å². The van der Waals surface area contributed by atoms with Gasteiger partial charge in [0.25, 0.3) is 0 Å². The Labute approximate surface area is 111 Å². The van der Waals surface area contributed by atoms with Gasteiger partial charge in [-0.15, -0.1) is 0 Å². The zero-order valence-electron chi connectivity index (χ0n) is 10.3. The van der Waals surface area contributed by atoms with E-state index in [-0.39, 0.29) is 12.2 Å². The number of unbranched alkanes of at least 4 members (excludes halogenated alkanes) is 1. The molecule has 0 unspecified atom stereocenters. The van der Waals surface area contributed by atoms with Gasteiger partial charge in [0.15, 0.2) is 0 Å². The summed E-state index contributed by atoms with van der Waals surface area (Å²) in [6, 6.07) is 4.49. The third-order valence-corrected chi connectivity index (χ3v) is 2.86. The van der Waals surface area contributed by atoms with Crippen molar-refractivity contribution in [1.82, 2.24) is 4.90 Å². The average Bonchev–Trinajstić information content (AvgIpc) is 2.29. The predicted octanol–water partition coefficient (Wildman–Crippen LogP) is 3.17. The normalized spacial score (nSPS) is 10.9. The summed E-state index contributed by atoms with van der Waals surface area (Å²) in [5, 5.41) is 9.02. The van der Waals surface area contributed by atoms with E-state index in [4.69, 9.17) is 16.7 Å². The maximum atomic E-state index is 13.5. The minimum absolute atomic E-state index is 0.180. The van der Waals surface area contributed by atoms with Gasteiger partial charge in [0, 0.05) is 23.6 Å². The lowest BCUT2D eigenvalue weighted by Crippen LogP contribution is -2.20. The number of nitrogens with zero attached hydrogens (tertiary/aromatic N) is 1. The topological polar surface area (TPSA) is 40.5 Å². The monoisotopic (exact) mass is 273 g/mol. The minimum atomic E-state index is -0.779. The molecule has 0 atom stereocenters. The molecule has 0 aromatic heterocycles. The highest BCUT2D eigenvalue weighted by Gasteiger charge is 2.06. The van der Waals surface area contributed by atoms with Crippen molar-refractivity contribution in [3.05, 3.63) is 34.6 Å². The Morgan fingerprint density at radius 3 is 2.83 bits per heavy atom. The first-order valence-electron chi connectivity index (χ1n) is 5.83. The van der Waals surface area contributed by atoms with Crippen LogP contribution in [0.15, 0.2) is 18.2 Å². The van der Waals surface area contributed by atoms with E-state index in [1.165, 1.54) is 12.1 Å². The van der Waals surface area contributed by atoms with Crippen molar-refractivity contribution in [3.63, 3.8) is 0 Å².